The van der Waals surface area contributed by atoms with Crippen LogP contribution in [0.4, 0.5) is 0 Å². The number of nitrogens with one attached hydrogen (secondary N) is 2. The summed E-state index contributed by atoms with van der Waals surface area (Å²) in [5.41, 5.74) is 0.0708. The van der Waals surface area contributed by atoms with E-state index in [4.69, 9.17) is 0 Å². The third-order valence-corrected chi connectivity index (χ3v) is 7.75. The molecule has 8 nitrogen and oxygen atoms in total. The smallest absolute Gasteiger partial charge is 0.329 e. The number of imidazole rings is 1. The zero-order valence-corrected chi connectivity index (χ0v) is 24.5. The van der Waals surface area contributed by atoms with Crippen LogP contribution in [-0.4, -0.2) is 43.4 Å². The van der Waals surface area contributed by atoms with Crippen molar-refractivity contribution in [3.05, 3.63) is 26.7 Å². The number of H-pyrrole nitrogens is 1. The van der Waals surface area contributed by atoms with E-state index in [2.05, 4.69) is 22.2 Å². The molecule has 218 valence electrons. The van der Waals surface area contributed by atoms with E-state index in [-0.39, 0.29) is 11.7 Å². The molecule has 0 radical (unpaired) electrons. The van der Waals surface area contributed by atoms with Crippen molar-refractivity contribution >= 4 is 11.2 Å². The Kier molecular flexibility index (Phi) is 16.3. The van der Waals surface area contributed by atoms with Gasteiger partial charge >= 0.3 is 5.69 Å². The zero-order valence-electron chi connectivity index (χ0n) is 24.5. The van der Waals surface area contributed by atoms with E-state index in [1.807, 2.05) is 7.05 Å². The first-order valence-electron chi connectivity index (χ1n) is 15.5. The summed E-state index contributed by atoms with van der Waals surface area (Å²) in [5, 5.41) is 13.7. The molecule has 0 amide bonds. The van der Waals surface area contributed by atoms with Crippen LogP contribution in [0.2, 0.25) is 0 Å². The van der Waals surface area contributed by atoms with Crippen LogP contribution in [0.15, 0.2) is 9.59 Å². The Labute approximate surface area is 229 Å². The van der Waals surface area contributed by atoms with E-state index < -0.39 is 5.69 Å². The van der Waals surface area contributed by atoms with E-state index in [1.54, 1.807) is 11.6 Å². The summed E-state index contributed by atoms with van der Waals surface area (Å²) >= 11 is 0. The maximum Gasteiger partial charge on any atom is 0.329 e. The molecule has 0 bridgehead atoms. The monoisotopic (exact) mass is 533 g/mol. The van der Waals surface area contributed by atoms with Crippen molar-refractivity contribution in [2.24, 2.45) is 14.1 Å². The highest BCUT2D eigenvalue weighted by Gasteiger charge is 2.14. The quantitative estimate of drug-likeness (QED) is 0.164. The van der Waals surface area contributed by atoms with Crippen molar-refractivity contribution in [1.29, 1.82) is 0 Å². The van der Waals surface area contributed by atoms with Crippen molar-refractivity contribution in [2.75, 3.05) is 13.1 Å². The third kappa shape index (κ3) is 11.9. The van der Waals surface area contributed by atoms with E-state index in [9.17, 15) is 14.7 Å². The highest BCUT2D eigenvalue weighted by Crippen LogP contribution is 2.14. The molecule has 0 fully saturated rings. The molecule has 0 spiro atoms. The van der Waals surface area contributed by atoms with E-state index in [0.717, 1.165) is 57.3 Å². The molecule has 0 aliphatic carbocycles. The molecule has 0 aromatic carbocycles. The molecule has 0 aliphatic heterocycles. The largest absolute Gasteiger partial charge is 0.392 e. The molecule has 1 unspecified atom stereocenters. The third-order valence-electron chi connectivity index (χ3n) is 7.75. The summed E-state index contributed by atoms with van der Waals surface area (Å²) in [4.78, 5) is 30.8. The molecule has 0 aliphatic rings. The van der Waals surface area contributed by atoms with Gasteiger partial charge in [0.1, 0.15) is 5.82 Å². The fraction of sp³-hybridized carbons (Fsp3) is 0.833. The molecular weight excluding hydrogens is 478 g/mol. The summed E-state index contributed by atoms with van der Waals surface area (Å²) < 4.78 is 3.19. The zero-order chi connectivity index (χ0) is 27.6. The van der Waals surface area contributed by atoms with Crippen molar-refractivity contribution < 1.29 is 5.11 Å². The van der Waals surface area contributed by atoms with E-state index in [1.165, 1.54) is 81.6 Å². The van der Waals surface area contributed by atoms with Gasteiger partial charge in [-0.25, -0.2) is 9.78 Å². The summed E-state index contributed by atoms with van der Waals surface area (Å²) in [6.45, 7) is 3.99. The highest BCUT2D eigenvalue weighted by atomic mass is 16.3. The second kappa shape index (κ2) is 19.2. The Balaban J connectivity index is 1.40. The number of aromatic nitrogens is 4. The highest BCUT2D eigenvalue weighted by molar-refractivity contribution is 5.70. The van der Waals surface area contributed by atoms with Gasteiger partial charge in [-0.3, -0.25) is 14.3 Å². The molecule has 1 atom stereocenters. The summed E-state index contributed by atoms with van der Waals surface area (Å²) in [6.07, 6.45) is 23.2. The van der Waals surface area contributed by atoms with Gasteiger partial charge in [0, 0.05) is 27.1 Å². The lowest BCUT2D eigenvalue weighted by molar-refractivity contribution is 0.158. The van der Waals surface area contributed by atoms with E-state index >= 15 is 0 Å². The fourth-order valence-electron chi connectivity index (χ4n) is 5.23. The van der Waals surface area contributed by atoms with Crippen molar-refractivity contribution in [1.82, 2.24) is 24.4 Å². The SMILES string of the molecule is CCCCCCCCCCCCCCNCC(O)CCCCCCCc1nc2c(c(=O)[nH]c(=O)n2C)n1C. The van der Waals surface area contributed by atoms with Gasteiger partial charge in [-0.1, -0.05) is 103 Å². The van der Waals surface area contributed by atoms with Gasteiger partial charge in [0.2, 0.25) is 0 Å². The lowest BCUT2D eigenvalue weighted by atomic mass is 10.1. The first-order chi connectivity index (χ1) is 18.5. The van der Waals surface area contributed by atoms with Gasteiger partial charge in [0.05, 0.1) is 6.10 Å². The first-order valence-corrected chi connectivity index (χ1v) is 15.5. The summed E-state index contributed by atoms with van der Waals surface area (Å²) in [5.74, 6) is 0.835. The Morgan fingerprint density at radius 3 is 1.97 bits per heavy atom. The van der Waals surface area contributed by atoms with Crippen LogP contribution in [0.5, 0.6) is 0 Å². The van der Waals surface area contributed by atoms with Crippen LogP contribution < -0.4 is 16.6 Å². The molecule has 0 saturated carbocycles. The van der Waals surface area contributed by atoms with Gasteiger partial charge in [-0.05, 0) is 25.8 Å². The second-order valence-electron chi connectivity index (χ2n) is 11.1. The lowest BCUT2D eigenvalue weighted by Crippen LogP contribution is -2.29. The van der Waals surface area contributed by atoms with E-state index in [0.29, 0.717) is 17.7 Å². The molecule has 2 rings (SSSR count). The number of hydrogen-bond donors (Lipinski definition) is 3. The van der Waals surface area contributed by atoms with Crippen molar-refractivity contribution in [3.63, 3.8) is 0 Å². The Hall–Kier alpha value is -1.93. The average Bonchev–Trinajstić information content (AvgIpc) is 3.23. The predicted molar refractivity (Wildman–Crippen MR) is 158 cm³/mol. The van der Waals surface area contributed by atoms with Crippen LogP contribution in [0.1, 0.15) is 128 Å². The predicted octanol–water partition coefficient (Wildman–Crippen LogP) is 5.50. The van der Waals surface area contributed by atoms with Gasteiger partial charge in [-0.2, -0.15) is 0 Å². The maximum absolute atomic E-state index is 12.1. The summed E-state index contributed by atoms with van der Waals surface area (Å²) in [6, 6.07) is 0. The Morgan fingerprint density at radius 1 is 0.789 bits per heavy atom. The second-order valence-corrected chi connectivity index (χ2v) is 11.1. The van der Waals surface area contributed by atoms with Gasteiger partial charge in [0.15, 0.2) is 11.2 Å². The minimum absolute atomic E-state index is 0.253. The summed E-state index contributed by atoms with van der Waals surface area (Å²) in [7, 11) is 3.46. The number of unbranched alkanes of at least 4 members (excludes halogenated alkanes) is 15. The maximum atomic E-state index is 12.1. The number of aromatic amines is 1. The standard InChI is InChI=1S/C30H55N5O3/c1-4-5-6-7-8-9-10-11-12-13-17-20-23-31-24-25(36)21-18-15-14-16-19-22-26-32-28-27(34(26)2)29(37)33-30(38)35(28)3/h25,31,36H,4-24H2,1-3H3,(H,33,37,38). The van der Waals surface area contributed by atoms with Crippen LogP contribution >= 0.6 is 0 Å². The van der Waals surface area contributed by atoms with Crippen LogP contribution in [0.3, 0.4) is 0 Å². The first kappa shape index (κ1) is 32.3. The van der Waals surface area contributed by atoms with Crippen LogP contribution in [0.25, 0.3) is 11.2 Å². The normalized spacial score (nSPS) is 12.5. The van der Waals surface area contributed by atoms with Crippen LogP contribution in [-0.2, 0) is 20.5 Å². The average molecular weight is 534 g/mol. The van der Waals surface area contributed by atoms with Gasteiger partial charge < -0.3 is 15.0 Å². The Morgan fingerprint density at radius 2 is 1.34 bits per heavy atom. The number of rotatable bonds is 23. The topological polar surface area (TPSA) is 105 Å². The number of fused-ring (bicyclic) bond motifs is 1. The van der Waals surface area contributed by atoms with Crippen LogP contribution in [0, 0.1) is 0 Å². The van der Waals surface area contributed by atoms with Gasteiger partial charge in [-0.15, -0.1) is 0 Å². The molecule has 8 heteroatoms. The molecular formula is C30H55N5O3. The molecule has 0 saturated heterocycles. The molecule has 2 aromatic heterocycles. The minimum atomic E-state index is -0.436. The Bertz CT molecular complexity index is 1010. The number of aryl methyl sites for hydroxylation is 3. The number of nitrogens with zero attached hydrogens (tertiary/aromatic N) is 3. The van der Waals surface area contributed by atoms with Crippen molar-refractivity contribution in [3.8, 4) is 0 Å². The fourth-order valence-corrected chi connectivity index (χ4v) is 5.23. The number of aliphatic hydroxyl groups excluding tert-OH is 1. The molecule has 38 heavy (non-hydrogen) atoms. The molecule has 2 heterocycles. The minimum Gasteiger partial charge on any atom is -0.392 e. The van der Waals surface area contributed by atoms with Crippen molar-refractivity contribution in [2.45, 2.75) is 135 Å². The van der Waals surface area contributed by atoms with Gasteiger partial charge in [0.25, 0.3) is 5.56 Å². The number of hydrogen-bond acceptors (Lipinski definition) is 5. The number of aliphatic hydroxyl groups is 1. The molecule has 2 aromatic rings. The lowest BCUT2D eigenvalue weighted by Gasteiger charge is -2.11. The molecule has 3 N–H and O–H groups in total.